The molecule has 6 nitrogen and oxygen atoms in total. The summed E-state index contributed by atoms with van der Waals surface area (Å²) in [7, 11) is 0. The number of amides is 1. The maximum absolute atomic E-state index is 11.3. The first-order chi connectivity index (χ1) is 11.5. The van der Waals surface area contributed by atoms with Crippen molar-refractivity contribution < 1.29 is 13.8 Å². The third-order valence-corrected chi connectivity index (χ3v) is 6.17. The summed E-state index contributed by atoms with van der Waals surface area (Å²) in [5, 5.41) is 4.15. The van der Waals surface area contributed by atoms with Gasteiger partial charge in [0.25, 0.3) is 0 Å². The molecular weight excluding hydrogens is 302 g/mol. The van der Waals surface area contributed by atoms with Gasteiger partial charge in [0.15, 0.2) is 6.20 Å². The number of hydrogen-bond donors (Lipinski definition) is 1. The van der Waals surface area contributed by atoms with Gasteiger partial charge in [-0.05, 0) is 19.9 Å². The summed E-state index contributed by atoms with van der Waals surface area (Å²) < 4.78 is 5.24. The van der Waals surface area contributed by atoms with Gasteiger partial charge < -0.3 is 10.2 Å². The van der Waals surface area contributed by atoms with E-state index in [-0.39, 0.29) is 11.3 Å². The van der Waals surface area contributed by atoms with Crippen LogP contribution in [0.3, 0.4) is 0 Å². The molecule has 0 saturated carbocycles. The minimum Gasteiger partial charge on any atom is -0.369 e. The van der Waals surface area contributed by atoms with Gasteiger partial charge in [0, 0.05) is 25.3 Å². The Bertz CT molecular complexity index is 698. The molecule has 6 heteroatoms. The van der Waals surface area contributed by atoms with E-state index in [1.807, 2.05) is 23.0 Å². The lowest BCUT2D eigenvalue weighted by Crippen LogP contribution is -2.64. The number of rotatable bonds is 3. The van der Waals surface area contributed by atoms with E-state index >= 15 is 0 Å². The maximum Gasteiger partial charge on any atom is 0.307 e. The van der Waals surface area contributed by atoms with Crippen LogP contribution < -0.4 is 10.3 Å². The first kappa shape index (κ1) is 16.9. The second kappa shape index (κ2) is 6.51. The molecule has 0 radical (unpaired) electrons. The molecule has 1 amide bonds. The lowest BCUT2D eigenvalue weighted by Gasteiger charge is -2.53. The number of piperidine rings is 3. The summed E-state index contributed by atoms with van der Waals surface area (Å²) in [6.07, 6.45) is 8.84. The van der Waals surface area contributed by atoms with Gasteiger partial charge in [0.2, 0.25) is 5.91 Å². The Morgan fingerprint density at radius 2 is 2.00 bits per heavy atom. The minimum atomic E-state index is -0.116. The van der Waals surface area contributed by atoms with Gasteiger partial charge in [0.1, 0.15) is 6.20 Å². The van der Waals surface area contributed by atoms with Crippen molar-refractivity contribution in [2.24, 2.45) is 11.1 Å². The number of aryl methyl sites for hydroxylation is 1. The highest BCUT2D eigenvalue weighted by atomic mass is 16.1. The van der Waals surface area contributed by atoms with Gasteiger partial charge >= 0.3 is 5.65 Å². The van der Waals surface area contributed by atoms with Gasteiger partial charge in [-0.2, -0.15) is 0 Å². The van der Waals surface area contributed by atoms with Crippen LogP contribution >= 0.6 is 0 Å². The van der Waals surface area contributed by atoms with Crippen LogP contribution in [0.4, 0.5) is 0 Å². The summed E-state index contributed by atoms with van der Waals surface area (Å²) in [5.74, 6) is -0.0545. The highest BCUT2D eigenvalue weighted by molar-refractivity contribution is 5.81. The Kier molecular flexibility index (Phi) is 4.58. The topological polar surface area (TPSA) is 64.3 Å². The fraction of sp³-hybridized carbons (Fsp3) is 0.611. The van der Waals surface area contributed by atoms with Crippen LogP contribution in [0, 0.1) is 5.41 Å². The monoisotopic (exact) mass is 331 g/mol. The normalized spacial score (nSPS) is 28.4. The van der Waals surface area contributed by atoms with Gasteiger partial charge in [-0.25, -0.2) is 4.57 Å². The molecule has 24 heavy (non-hydrogen) atoms. The van der Waals surface area contributed by atoms with Crippen molar-refractivity contribution in [1.82, 2.24) is 9.61 Å². The van der Waals surface area contributed by atoms with Gasteiger partial charge in [-0.15, -0.1) is 4.52 Å². The third-order valence-electron chi connectivity index (χ3n) is 6.17. The number of aromatic nitrogens is 3. The zero-order valence-corrected chi connectivity index (χ0v) is 14.8. The zero-order valence-electron chi connectivity index (χ0n) is 14.8. The van der Waals surface area contributed by atoms with E-state index in [1.165, 1.54) is 30.7 Å². The van der Waals surface area contributed by atoms with Crippen molar-refractivity contribution in [2.75, 3.05) is 26.2 Å². The van der Waals surface area contributed by atoms with Crippen molar-refractivity contribution >= 4 is 11.6 Å². The van der Waals surface area contributed by atoms with Crippen molar-refractivity contribution in [1.29, 1.82) is 0 Å². The Labute approximate surface area is 143 Å². The molecule has 2 N–H and O–H groups in total. The molecule has 0 atom stereocenters. The van der Waals surface area contributed by atoms with Crippen LogP contribution in [0.25, 0.3) is 5.65 Å². The van der Waals surface area contributed by atoms with E-state index in [1.54, 1.807) is 6.20 Å². The fourth-order valence-corrected chi connectivity index (χ4v) is 4.11. The van der Waals surface area contributed by atoms with Crippen LogP contribution in [0.2, 0.25) is 0 Å². The van der Waals surface area contributed by atoms with E-state index < -0.39 is 0 Å². The van der Waals surface area contributed by atoms with Gasteiger partial charge in [-0.1, -0.05) is 5.10 Å². The number of primary amides is 1. The van der Waals surface area contributed by atoms with E-state index in [9.17, 15) is 4.79 Å². The summed E-state index contributed by atoms with van der Waals surface area (Å²) in [4.78, 5) is 11.3. The van der Waals surface area contributed by atoms with Crippen molar-refractivity contribution in [2.45, 2.75) is 39.7 Å². The summed E-state index contributed by atoms with van der Waals surface area (Å²) in [6, 6.07) is 4.00. The number of imidazole rings is 1. The number of fused-ring (bicyclic) bond motifs is 4. The smallest absolute Gasteiger partial charge is 0.307 e. The molecule has 5 heterocycles. The molecule has 3 aliphatic heterocycles. The Balaban J connectivity index is 0.000000143. The number of nitrogens with zero attached hydrogens (tertiary/aromatic N) is 4. The molecule has 2 aromatic rings. The second-order valence-corrected chi connectivity index (χ2v) is 7.13. The van der Waals surface area contributed by atoms with Crippen molar-refractivity contribution in [3.63, 3.8) is 0 Å². The third kappa shape index (κ3) is 2.90. The lowest BCUT2D eigenvalue weighted by atomic mass is 9.70. The molecule has 2 aromatic heterocycles. The number of hydrogen-bond acceptors (Lipinski definition) is 2. The summed E-state index contributed by atoms with van der Waals surface area (Å²) >= 11 is 0. The zero-order chi connectivity index (χ0) is 17.2. The maximum atomic E-state index is 11.3. The molecule has 3 aliphatic rings. The average molecular weight is 331 g/mol. The largest absolute Gasteiger partial charge is 0.369 e. The highest BCUT2D eigenvalue weighted by Gasteiger charge is 2.51. The average Bonchev–Trinajstić information content (AvgIpc) is 3.07. The Morgan fingerprint density at radius 3 is 2.54 bits per heavy atom. The number of carbonyl (C=O) groups excluding carboxylic acids is 1. The lowest BCUT2D eigenvalue weighted by molar-refractivity contribution is -0.942. The molecule has 130 valence electrons. The minimum absolute atomic E-state index is 0.0545. The van der Waals surface area contributed by atoms with E-state index in [0.29, 0.717) is 0 Å². The quantitative estimate of drug-likeness (QED) is 0.677. The highest BCUT2D eigenvalue weighted by Crippen LogP contribution is 2.43. The molecule has 3 fully saturated rings. The first-order valence-electron chi connectivity index (χ1n) is 9.01. The van der Waals surface area contributed by atoms with Crippen LogP contribution in [0.15, 0.2) is 30.7 Å². The van der Waals surface area contributed by atoms with Crippen molar-refractivity contribution in [3.05, 3.63) is 30.7 Å². The summed E-state index contributed by atoms with van der Waals surface area (Å²) in [6.45, 7) is 10.1. The first-order valence-corrected chi connectivity index (χ1v) is 9.01. The number of nitrogens with two attached hydrogens (primary N) is 1. The van der Waals surface area contributed by atoms with Crippen LogP contribution in [0.5, 0.6) is 0 Å². The van der Waals surface area contributed by atoms with E-state index in [0.717, 1.165) is 31.5 Å². The number of carbonyl (C=O) groups is 1. The fourth-order valence-electron chi connectivity index (χ4n) is 4.11. The van der Waals surface area contributed by atoms with Crippen molar-refractivity contribution in [3.8, 4) is 0 Å². The van der Waals surface area contributed by atoms with Crippen LogP contribution in [-0.4, -0.2) is 46.2 Å². The molecule has 3 saturated heterocycles. The predicted molar refractivity (Wildman–Crippen MR) is 91.9 cm³/mol. The SMILES string of the molecule is CC[N+]12CCC(C(N)=O)(CC1)CC2.CC[n+]1ccn2ncccc21. The van der Waals surface area contributed by atoms with Crippen LogP contribution in [0.1, 0.15) is 33.1 Å². The summed E-state index contributed by atoms with van der Waals surface area (Å²) in [5.41, 5.74) is 6.49. The number of quaternary nitrogens is 1. The predicted octanol–water partition coefficient (Wildman–Crippen LogP) is 1.13. The molecule has 0 unspecified atom stereocenters. The van der Waals surface area contributed by atoms with E-state index in [2.05, 4.69) is 29.6 Å². The Morgan fingerprint density at radius 1 is 1.33 bits per heavy atom. The standard InChI is InChI=1S/C10H18N2O.C8H10N3/c1-2-12-6-3-10(4-7-12,5-8-12)9(11)13;1-2-10-6-7-11-8(10)4-3-5-9-11/h2-8H2,1H3,(H-,11,13);3-7H,2H2,1H3/q;+1/p+1. The Hall–Kier alpha value is -1.95. The van der Waals surface area contributed by atoms with E-state index in [4.69, 9.17) is 5.73 Å². The second-order valence-electron chi connectivity index (χ2n) is 7.13. The molecular formula is C18H29N5O+2. The van der Waals surface area contributed by atoms with Crippen LogP contribution in [-0.2, 0) is 11.3 Å². The van der Waals surface area contributed by atoms with Gasteiger partial charge in [-0.3, -0.25) is 4.79 Å². The molecule has 0 spiro atoms. The molecule has 5 rings (SSSR count). The molecule has 0 aromatic carbocycles. The molecule has 2 bridgehead atoms. The molecule has 0 aliphatic carbocycles. The van der Waals surface area contributed by atoms with Gasteiger partial charge in [0.05, 0.1) is 44.3 Å².